The number of hydrogen-bond donors (Lipinski definition) is 3. The molecule has 2 aromatic heterocycles. The highest BCUT2D eigenvalue weighted by atomic mass is 16.1. The molecule has 1 saturated heterocycles. The number of hydrogen-bond acceptors (Lipinski definition) is 6. The predicted molar refractivity (Wildman–Crippen MR) is 80.8 cm³/mol. The predicted octanol–water partition coefficient (Wildman–Crippen LogP) is -0.567. The summed E-state index contributed by atoms with van der Waals surface area (Å²) in [6.45, 7) is 8.17. The van der Waals surface area contributed by atoms with Gasteiger partial charge in [-0.05, 0) is 19.9 Å². The SMILES string of the molecule is Cc1nc(NCCCN2CCNCC2)cc2n[nH]c(=O)n12. The molecule has 8 heteroatoms. The lowest BCUT2D eigenvalue weighted by atomic mass is 10.3. The van der Waals surface area contributed by atoms with Crippen LogP contribution in [-0.2, 0) is 0 Å². The number of H-pyrrole nitrogens is 1. The van der Waals surface area contributed by atoms with Crippen molar-refractivity contribution in [2.45, 2.75) is 13.3 Å². The molecule has 3 rings (SSSR count). The molecule has 8 nitrogen and oxygen atoms in total. The Labute approximate surface area is 122 Å². The van der Waals surface area contributed by atoms with Crippen LogP contribution in [0.4, 0.5) is 5.82 Å². The number of aromatic amines is 1. The summed E-state index contributed by atoms with van der Waals surface area (Å²) < 4.78 is 1.46. The molecule has 1 fully saturated rings. The first kappa shape index (κ1) is 14.0. The third kappa shape index (κ3) is 3.22. The third-order valence-corrected chi connectivity index (χ3v) is 3.74. The molecule has 0 amide bonds. The van der Waals surface area contributed by atoms with Crippen molar-refractivity contribution in [3.8, 4) is 0 Å². The first-order valence-electron chi connectivity index (χ1n) is 7.36. The number of rotatable bonds is 5. The molecule has 21 heavy (non-hydrogen) atoms. The maximum atomic E-state index is 11.5. The lowest BCUT2D eigenvalue weighted by molar-refractivity contribution is 0.240. The van der Waals surface area contributed by atoms with Gasteiger partial charge in [-0.1, -0.05) is 0 Å². The highest BCUT2D eigenvalue weighted by Crippen LogP contribution is 2.07. The minimum absolute atomic E-state index is 0.250. The number of piperazine rings is 1. The largest absolute Gasteiger partial charge is 0.370 e. The zero-order valence-electron chi connectivity index (χ0n) is 12.2. The van der Waals surface area contributed by atoms with Crippen molar-refractivity contribution in [3.05, 3.63) is 22.4 Å². The second-order valence-corrected chi connectivity index (χ2v) is 5.28. The van der Waals surface area contributed by atoms with Crippen molar-refractivity contribution < 1.29 is 0 Å². The normalized spacial score (nSPS) is 16.4. The van der Waals surface area contributed by atoms with Gasteiger partial charge >= 0.3 is 5.69 Å². The number of fused-ring (bicyclic) bond motifs is 1. The average Bonchev–Trinajstić information content (AvgIpc) is 2.87. The minimum atomic E-state index is -0.250. The number of nitrogens with one attached hydrogen (secondary N) is 3. The van der Waals surface area contributed by atoms with Gasteiger partial charge in [0.2, 0.25) is 0 Å². The van der Waals surface area contributed by atoms with Crippen molar-refractivity contribution in [1.29, 1.82) is 0 Å². The molecule has 1 aliphatic rings. The van der Waals surface area contributed by atoms with Gasteiger partial charge in [-0.25, -0.2) is 19.3 Å². The Kier molecular flexibility index (Phi) is 4.16. The Morgan fingerprint density at radius 2 is 2.19 bits per heavy atom. The molecule has 0 saturated carbocycles. The summed E-state index contributed by atoms with van der Waals surface area (Å²) in [6, 6.07) is 1.79. The van der Waals surface area contributed by atoms with E-state index in [4.69, 9.17) is 0 Å². The van der Waals surface area contributed by atoms with E-state index in [-0.39, 0.29) is 5.69 Å². The van der Waals surface area contributed by atoms with Crippen LogP contribution in [0.5, 0.6) is 0 Å². The second kappa shape index (κ2) is 6.23. The van der Waals surface area contributed by atoms with Crippen LogP contribution in [0.3, 0.4) is 0 Å². The van der Waals surface area contributed by atoms with E-state index in [1.807, 2.05) is 0 Å². The van der Waals surface area contributed by atoms with E-state index in [0.29, 0.717) is 11.5 Å². The smallest absolute Gasteiger partial charge is 0.349 e. The molecular formula is C13H21N7O. The van der Waals surface area contributed by atoms with Gasteiger partial charge in [-0.2, -0.15) is 5.10 Å². The summed E-state index contributed by atoms with van der Waals surface area (Å²) in [6.07, 6.45) is 1.07. The topological polar surface area (TPSA) is 90.3 Å². The lowest BCUT2D eigenvalue weighted by Gasteiger charge is -2.27. The molecule has 3 heterocycles. The molecule has 0 radical (unpaired) electrons. The van der Waals surface area contributed by atoms with E-state index < -0.39 is 0 Å². The van der Waals surface area contributed by atoms with Gasteiger partial charge in [0, 0.05) is 38.8 Å². The standard InChI is InChI=1S/C13H21N7O/c1-10-16-11(9-12-17-18-13(21)20(10)12)15-3-2-6-19-7-4-14-5-8-19/h9,14-15H,2-8H2,1H3,(H,18,21). The van der Waals surface area contributed by atoms with E-state index in [1.165, 1.54) is 4.40 Å². The van der Waals surface area contributed by atoms with Crippen LogP contribution in [0.15, 0.2) is 10.9 Å². The van der Waals surface area contributed by atoms with Gasteiger partial charge in [-0.3, -0.25) is 0 Å². The minimum Gasteiger partial charge on any atom is -0.370 e. The first-order chi connectivity index (χ1) is 10.2. The molecule has 0 spiro atoms. The van der Waals surface area contributed by atoms with E-state index in [0.717, 1.165) is 51.5 Å². The molecule has 1 aliphatic heterocycles. The lowest BCUT2D eigenvalue weighted by Crippen LogP contribution is -2.44. The van der Waals surface area contributed by atoms with Crippen LogP contribution in [0.25, 0.3) is 5.65 Å². The molecule has 0 atom stereocenters. The summed E-state index contributed by atoms with van der Waals surface area (Å²) in [5.74, 6) is 1.40. The monoisotopic (exact) mass is 291 g/mol. The van der Waals surface area contributed by atoms with E-state index in [1.54, 1.807) is 13.0 Å². The van der Waals surface area contributed by atoms with E-state index in [2.05, 4.69) is 30.7 Å². The fourth-order valence-electron chi connectivity index (χ4n) is 2.64. The van der Waals surface area contributed by atoms with E-state index in [9.17, 15) is 4.79 Å². The average molecular weight is 291 g/mol. The van der Waals surface area contributed by atoms with Crippen molar-refractivity contribution in [2.75, 3.05) is 44.6 Å². The zero-order valence-corrected chi connectivity index (χ0v) is 12.2. The molecular weight excluding hydrogens is 270 g/mol. The Morgan fingerprint density at radius 3 is 3.00 bits per heavy atom. The van der Waals surface area contributed by atoms with Gasteiger partial charge < -0.3 is 15.5 Å². The van der Waals surface area contributed by atoms with E-state index >= 15 is 0 Å². The second-order valence-electron chi connectivity index (χ2n) is 5.28. The van der Waals surface area contributed by atoms with Gasteiger partial charge in [-0.15, -0.1) is 0 Å². The fourth-order valence-corrected chi connectivity index (χ4v) is 2.64. The maximum Gasteiger partial charge on any atom is 0.349 e. The van der Waals surface area contributed by atoms with Crippen molar-refractivity contribution in [2.24, 2.45) is 0 Å². The quantitative estimate of drug-likeness (QED) is 0.639. The van der Waals surface area contributed by atoms with Crippen LogP contribution >= 0.6 is 0 Å². The molecule has 0 aliphatic carbocycles. The van der Waals surface area contributed by atoms with Gasteiger partial charge in [0.25, 0.3) is 0 Å². The van der Waals surface area contributed by atoms with Crippen molar-refractivity contribution >= 4 is 11.5 Å². The first-order valence-corrected chi connectivity index (χ1v) is 7.36. The summed E-state index contributed by atoms with van der Waals surface area (Å²) >= 11 is 0. The summed E-state index contributed by atoms with van der Waals surface area (Å²) in [5, 5.41) is 13.1. The number of anilines is 1. The van der Waals surface area contributed by atoms with Gasteiger partial charge in [0.05, 0.1) is 0 Å². The zero-order chi connectivity index (χ0) is 14.7. The van der Waals surface area contributed by atoms with Crippen molar-refractivity contribution in [3.63, 3.8) is 0 Å². The molecule has 2 aromatic rings. The van der Waals surface area contributed by atoms with Crippen LogP contribution in [0, 0.1) is 6.92 Å². The Balaban J connectivity index is 1.54. The number of aromatic nitrogens is 4. The van der Waals surface area contributed by atoms with Crippen LogP contribution in [-0.4, -0.2) is 63.8 Å². The van der Waals surface area contributed by atoms with Crippen LogP contribution in [0.2, 0.25) is 0 Å². The fraction of sp³-hybridized carbons (Fsp3) is 0.615. The van der Waals surface area contributed by atoms with Gasteiger partial charge in [0.15, 0.2) is 5.65 Å². The van der Waals surface area contributed by atoms with Crippen LogP contribution in [0.1, 0.15) is 12.2 Å². The third-order valence-electron chi connectivity index (χ3n) is 3.74. The van der Waals surface area contributed by atoms with Gasteiger partial charge in [0.1, 0.15) is 11.6 Å². The summed E-state index contributed by atoms with van der Waals surface area (Å²) in [5.41, 5.74) is 0.345. The maximum absolute atomic E-state index is 11.5. The molecule has 0 bridgehead atoms. The Morgan fingerprint density at radius 1 is 1.38 bits per heavy atom. The van der Waals surface area contributed by atoms with Crippen LogP contribution < -0.4 is 16.3 Å². The Hall–Kier alpha value is -1.93. The summed E-state index contributed by atoms with van der Waals surface area (Å²) in [7, 11) is 0. The Bertz CT molecular complexity index is 656. The summed E-state index contributed by atoms with van der Waals surface area (Å²) in [4.78, 5) is 18.4. The van der Waals surface area contributed by atoms with Crippen molar-refractivity contribution in [1.82, 2.24) is 29.8 Å². The highest BCUT2D eigenvalue weighted by molar-refractivity contribution is 5.49. The number of nitrogens with zero attached hydrogens (tertiary/aromatic N) is 4. The molecule has 114 valence electrons. The highest BCUT2D eigenvalue weighted by Gasteiger charge is 2.09. The molecule has 0 unspecified atom stereocenters. The molecule has 0 aromatic carbocycles. The molecule has 3 N–H and O–H groups in total. The number of aryl methyl sites for hydroxylation is 1.